The van der Waals surface area contributed by atoms with Gasteiger partial charge in [0.05, 0.1) is 6.04 Å². The molecule has 2 aliphatic heterocycles. The summed E-state index contributed by atoms with van der Waals surface area (Å²) in [5.74, 6) is 0.321. The van der Waals surface area contributed by atoms with Gasteiger partial charge in [-0.05, 0) is 31.4 Å². The summed E-state index contributed by atoms with van der Waals surface area (Å²) in [5.41, 5.74) is 1.36. The summed E-state index contributed by atoms with van der Waals surface area (Å²) < 4.78 is 0. The molecule has 1 aromatic rings. The Labute approximate surface area is 157 Å². The number of hydrogen-bond donors (Lipinski definition) is 1. The van der Waals surface area contributed by atoms with Crippen molar-refractivity contribution < 1.29 is 4.79 Å². The molecule has 2 fully saturated rings. The number of rotatable bonds is 3. The van der Waals surface area contributed by atoms with Gasteiger partial charge in [0, 0.05) is 32.7 Å². The summed E-state index contributed by atoms with van der Waals surface area (Å²) in [6, 6.07) is 10.7. The van der Waals surface area contributed by atoms with Crippen molar-refractivity contribution in [3.05, 3.63) is 35.9 Å². The molecule has 0 aromatic heterocycles. The maximum atomic E-state index is 12.6. The van der Waals surface area contributed by atoms with Crippen molar-refractivity contribution >= 4 is 30.7 Å². The second-order valence-electron chi connectivity index (χ2n) is 6.44. The second-order valence-corrected chi connectivity index (χ2v) is 6.44. The van der Waals surface area contributed by atoms with Crippen LogP contribution in [0.15, 0.2) is 30.3 Å². The van der Waals surface area contributed by atoms with Gasteiger partial charge in [0.1, 0.15) is 0 Å². The fourth-order valence-electron chi connectivity index (χ4n) is 3.47. The first-order valence-corrected chi connectivity index (χ1v) is 8.61. The molecule has 6 heteroatoms. The first-order valence-electron chi connectivity index (χ1n) is 8.61. The molecule has 4 nitrogen and oxygen atoms in total. The minimum Gasteiger partial charge on any atom is -0.340 e. The number of nitrogens with zero attached hydrogens (tertiary/aromatic N) is 2. The van der Waals surface area contributed by atoms with Crippen LogP contribution >= 0.6 is 24.8 Å². The molecule has 1 N–H and O–H groups in total. The van der Waals surface area contributed by atoms with Crippen LogP contribution in [-0.2, 0) is 11.3 Å². The first kappa shape index (κ1) is 21.2. The number of nitrogens with one attached hydrogen (secondary N) is 1. The normalized spacial score (nSPS) is 22.0. The third-order valence-electron chi connectivity index (χ3n) is 4.76. The molecule has 0 aliphatic carbocycles. The average molecular weight is 374 g/mol. The Balaban J connectivity index is 0.00000144. The van der Waals surface area contributed by atoms with E-state index in [1.807, 2.05) is 0 Å². The first-order chi connectivity index (χ1) is 10.8. The quantitative estimate of drug-likeness (QED) is 0.884. The molecule has 1 atom stereocenters. The lowest BCUT2D eigenvalue weighted by Crippen LogP contribution is -2.49. The van der Waals surface area contributed by atoms with Crippen molar-refractivity contribution in [3.63, 3.8) is 0 Å². The lowest BCUT2D eigenvalue weighted by molar-refractivity contribution is -0.133. The van der Waals surface area contributed by atoms with E-state index in [2.05, 4.69) is 45.4 Å². The molecule has 0 bridgehead atoms. The van der Waals surface area contributed by atoms with Gasteiger partial charge in [-0.2, -0.15) is 0 Å². The van der Waals surface area contributed by atoms with Gasteiger partial charge in [0.25, 0.3) is 0 Å². The van der Waals surface area contributed by atoms with Crippen molar-refractivity contribution in [2.75, 3.05) is 32.7 Å². The Morgan fingerprint density at radius 2 is 1.79 bits per heavy atom. The van der Waals surface area contributed by atoms with Crippen LogP contribution < -0.4 is 5.32 Å². The average Bonchev–Trinajstić information content (AvgIpc) is 2.82. The zero-order chi connectivity index (χ0) is 15.2. The van der Waals surface area contributed by atoms with Gasteiger partial charge in [-0.15, -0.1) is 24.8 Å². The van der Waals surface area contributed by atoms with E-state index in [9.17, 15) is 4.79 Å². The van der Waals surface area contributed by atoms with Crippen LogP contribution in [0.1, 0.15) is 31.2 Å². The van der Waals surface area contributed by atoms with Crippen molar-refractivity contribution in [1.82, 2.24) is 15.1 Å². The maximum Gasteiger partial charge on any atom is 0.239 e. The van der Waals surface area contributed by atoms with E-state index in [1.54, 1.807) is 0 Å². The highest BCUT2D eigenvalue weighted by atomic mass is 35.5. The van der Waals surface area contributed by atoms with Gasteiger partial charge in [-0.1, -0.05) is 36.8 Å². The minimum absolute atomic E-state index is 0. The van der Waals surface area contributed by atoms with Crippen molar-refractivity contribution in [2.24, 2.45) is 0 Å². The topological polar surface area (TPSA) is 35.6 Å². The van der Waals surface area contributed by atoms with Crippen LogP contribution in [0, 0.1) is 0 Å². The Morgan fingerprint density at radius 1 is 1.00 bits per heavy atom. The molecule has 0 radical (unpaired) electrons. The number of carbonyl (C=O) groups excluding carboxylic acids is 1. The highest BCUT2D eigenvalue weighted by Gasteiger charge is 2.27. The summed E-state index contributed by atoms with van der Waals surface area (Å²) in [5, 5.41) is 3.38. The Kier molecular flexibility index (Phi) is 9.67. The van der Waals surface area contributed by atoms with Crippen LogP contribution in [0.2, 0.25) is 0 Å². The van der Waals surface area contributed by atoms with Crippen LogP contribution in [0.4, 0.5) is 0 Å². The zero-order valence-corrected chi connectivity index (χ0v) is 15.8. The lowest BCUT2D eigenvalue weighted by atomic mass is 10.0. The molecule has 0 saturated carbocycles. The second kappa shape index (κ2) is 10.9. The SMILES string of the molecule is Cl.Cl.O=C(C1CCCCN1)N1CCCN(Cc2ccccc2)CC1. The number of benzene rings is 1. The van der Waals surface area contributed by atoms with Gasteiger partial charge in [0.2, 0.25) is 5.91 Å². The number of hydrogen-bond acceptors (Lipinski definition) is 3. The van der Waals surface area contributed by atoms with Crippen LogP contribution in [0.5, 0.6) is 0 Å². The standard InChI is InChI=1S/C18H27N3O.2ClH/c22-18(17-9-4-5-10-19-17)21-12-6-11-20(13-14-21)15-16-7-2-1-3-8-16;;/h1-3,7-8,17,19H,4-6,9-15H2;2*1H. The van der Waals surface area contributed by atoms with Crippen molar-refractivity contribution in [3.8, 4) is 0 Å². The third kappa shape index (κ3) is 5.92. The highest BCUT2D eigenvalue weighted by molar-refractivity contribution is 5.85. The molecule has 24 heavy (non-hydrogen) atoms. The molecule has 2 saturated heterocycles. The predicted molar refractivity (Wildman–Crippen MR) is 103 cm³/mol. The van der Waals surface area contributed by atoms with Crippen LogP contribution in [0.25, 0.3) is 0 Å². The van der Waals surface area contributed by atoms with E-state index in [1.165, 1.54) is 18.4 Å². The predicted octanol–water partition coefficient (Wildman–Crippen LogP) is 2.71. The van der Waals surface area contributed by atoms with E-state index < -0.39 is 0 Å². The summed E-state index contributed by atoms with van der Waals surface area (Å²) in [6.07, 6.45) is 4.46. The van der Waals surface area contributed by atoms with E-state index in [0.717, 1.165) is 52.1 Å². The largest absolute Gasteiger partial charge is 0.340 e. The van der Waals surface area contributed by atoms with E-state index in [0.29, 0.717) is 5.91 Å². The molecule has 2 aliphatic rings. The van der Waals surface area contributed by atoms with Crippen molar-refractivity contribution in [2.45, 2.75) is 38.3 Å². The van der Waals surface area contributed by atoms with Crippen molar-refractivity contribution in [1.29, 1.82) is 0 Å². The van der Waals surface area contributed by atoms with Gasteiger partial charge in [-0.3, -0.25) is 9.69 Å². The molecule has 1 aromatic carbocycles. The molecule has 1 unspecified atom stereocenters. The van der Waals surface area contributed by atoms with E-state index in [4.69, 9.17) is 0 Å². The lowest BCUT2D eigenvalue weighted by Gasteiger charge is -2.29. The molecular formula is C18H29Cl2N3O. The third-order valence-corrected chi connectivity index (χ3v) is 4.76. The Hall–Kier alpha value is -0.810. The monoisotopic (exact) mass is 373 g/mol. The highest BCUT2D eigenvalue weighted by Crippen LogP contribution is 2.13. The number of carbonyl (C=O) groups is 1. The van der Waals surface area contributed by atoms with Gasteiger partial charge in [0.15, 0.2) is 0 Å². The number of piperidine rings is 1. The molecule has 2 heterocycles. The molecule has 1 amide bonds. The van der Waals surface area contributed by atoms with Gasteiger partial charge >= 0.3 is 0 Å². The summed E-state index contributed by atoms with van der Waals surface area (Å²) in [7, 11) is 0. The van der Waals surface area contributed by atoms with E-state index in [-0.39, 0.29) is 30.9 Å². The number of halogens is 2. The van der Waals surface area contributed by atoms with Crippen LogP contribution in [0.3, 0.4) is 0 Å². The van der Waals surface area contributed by atoms with E-state index >= 15 is 0 Å². The minimum atomic E-state index is 0. The smallest absolute Gasteiger partial charge is 0.239 e. The Morgan fingerprint density at radius 3 is 2.50 bits per heavy atom. The van der Waals surface area contributed by atoms with Crippen LogP contribution in [-0.4, -0.2) is 54.5 Å². The zero-order valence-electron chi connectivity index (χ0n) is 14.2. The fraction of sp³-hybridized carbons (Fsp3) is 0.611. The molecular weight excluding hydrogens is 345 g/mol. The maximum absolute atomic E-state index is 12.6. The molecule has 136 valence electrons. The van der Waals surface area contributed by atoms with Gasteiger partial charge < -0.3 is 10.2 Å². The number of amides is 1. The Bertz CT molecular complexity index is 480. The fourth-order valence-corrected chi connectivity index (χ4v) is 3.47. The summed E-state index contributed by atoms with van der Waals surface area (Å²) in [4.78, 5) is 17.2. The summed E-state index contributed by atoms with van der Waals surface area (Å²) >= 11 is 0. The molecule has 0 spiro atoms. The molecule has 3 rings (SSSR count). The van der Waals surface area contributed by atoms with Gasteiger partial charge in [-0.25, -0.2) is 0 Å². The summed E-state index contributed by atoms with van der Waals surface area (Å²) in [6.45, 7) is 5.81.